The van der Waals surface area contributed by atoms with E-state index >= 15 is 0 Å². The van der Waals surface area contributed by atoms with Gasteiger partial charge in [-0.2, -0.15) is 0 Å². The summed E-state index contributed by atoms with van der Waals surface area (Å²) in [5.74, 6) is 5.91. The molecule has 1 amide bonds. The summed E-state index contributed by atoms with van der Waals surface area (Å²) in [4.78, 5) is 32.2. The van der Waals surface area contributed by atoms with Crippen molar-refractivity contribution in [1.82, 2.24) is 9.97 Å². The molecule has 0 radical (unpaired) electrons. The molecule has 0 aliphatic heterocycles. The fraction of sp³-hybridized carbons (Fsp3) is 0.174. The third-order valence-corrected chi connectivity index (χ3v) is 4.78. The van der Waals surface area contributed by atoms with E-state index in [1.807, 2.05) is 49.4 Å². The van der Waals surface area contributed by atoms with Gasteiger partial charge in [-0.05, 0) is 61.6 Å². The zero-order valence-electron chi connectivity index (χ0n) is 15.5. The molecule has 2 heterocycles. The normalized spacial score (nSPS) is 12.7. The summed E-state index contributed by atoms with van der Waals surface area (Å²) < 4.78 is 0. The summed E-state index contributed by atoms with van der Waals surface area (Å²) in [6, 6.07) is 12.9. The van der Waals surface area contributed by atoms with Crippen LogP contribution in [0.5, 0.6) is 0 Å². The minimum Gasteiger partial charge on any atom is -0.354 e. The Morgan fingerprint density at radius 3 is 2.82 bits per heavy atom. The molecule has 0 atom stereocenters. The number of aryl methyl sites for hydroxylation is 1. The van der Waals surface area contributed by atoms with E-state index in [0.29, 0.717) is 29.1 Å². The van der Waals surface area contributed by atoms with Gasteiger partial charge >= 0.3 is 0 Å². The number of carbonyl (C=O) groups is 2. The Kier molecular flexibility index (Phi) is 4.77. The number of benzene rings is 1. The van der Waals surface area contributed by atoms with Crippen LogP contribution in [0.1, 0.15) is 56.2 Å². The van der Waals surface area contributed by atoms with Crippen LogP contribution < -0.4 is 5.32 Å². The lowest BCUT2D eigenvalue weighted by Gasteiger charge is -2.09. The van der Waals surface area contributed by atoms with Crippen LogP contribution >= 0.6 is 0 Å². The maximum Gasteiger partial charge on any atom is 0.272 e. The number of Topliss-reactive ketones (excluding diaryl/α,β-unsaturated/α-hetero) is 1. The molecule has 1 aliphatic carbocycles. The second-order valence-corrected chi connectivity index (χ2v) is 6.76. The molecule has 0 saturated carbocycles. The second kappa shape index (κ2) is 7.53. The highest BCUT2D eigenvalue weighted by atomic mass is 16.2. The van der Waals surface area contributed by atoms with E-state index < -0.39 is 0 Å². The Balaban J connectivity index is 1.55. The van der Waals surface area contributed by atoms with Crippen LogP contribution in [0.3, 0.4) is 0 Å². The van der Waals surface area contributed by atoms with Crippen molar-refractivity contribution in [2.24, 2.45) is 0 Å². The first-order valence-electron chi connectivity index (χ1n) is 9.21. The fourth-order valence-corrected chi connectivity index (χ4v) is 3.44. The zero-order valence-corrected chi connectivity index (χ0v) is 15.5. The Morgan fingerprint density at radius 2 is 2.04 bits per heavy atom. The molecule has 5 heteroatoms. The van der Waals surface area contributed by atoms with Crippen molar-refractivity contribution in [1.29, 1.82) is 0 Å². The molecule has 0 unspecified atom stereocenters. The van der Waals surface area contributed by atoms with Crippen LogP contribution in [0.4, 0.5) is 5.69 Å². The number of nitrogens with zero attached hydrogens (tertiary/aromatic N) is 1. The van der Waals surface area contributed by atoms with E-state index in [1.165, 1.54) is 0 Å². The fourth-order valence-electron chi connectivity index (χ4n) is 3.44. The number of hydrogen-bond acceptors (Lipinski definition) is 3. The number of H-pyrrole nitrogens is 1. The topological polar surface area (TPSA) is 74.8 Å². The first-order valence-corrected chi connectivity index (χ1v) is 9.21. The molecular weight excluding hydrogens is 350 g/mol. The van der Waals surface area contributed by atoms with Crippen molar-refractivity contribution in [3.63, 3.8) is 0 Å². The van der Waals surface area contributed by atoms with Crippen LogP contribution in [0.15, 0.2) is 48.7 Å². The standard InChI is InChI=1S/C23H19N3O2/c1-15-21-19(9-5-10-20(21)27)26-22(15)23(28)25-18-8-4-6-16(14-18)11-12-17-7-2-3-13-24-17/h2-4,6-8,13-14,26H,5,9-10H2,1H3,(H,25,28). The van der Waals surface area contributed by atoms with Gasteiger partial charge in [0.1, 0.15) is 11.4 Å². The van der Waals surface area contributed by atoms with Gasteiger partial charge in [0.25, 0.3) is 5.91 Å². The average molecular weight is 369 g/mol. The number of hydrogen-bond donors (Lipinski definition) is 2. The van der Waals surface area contributed by atoms with Crippen molar-refractivity contribution < 1.29 is 9.59 Å². The van der Waals surface area contributed by atoms with Crippen LogP contribution in [0.25, 0.3) is 0 Å². The van der Waals surface area contributed by atoms with E-state index in [-0.39, 0.29) is 11.7 Å². The predicted octanol–water partition coefficient (Wildman–Crippen LogP) is 3.89. The number of rotatable bonds is 2. The van der Waals surface area contributed by atoms with E-state index in [4.69, 9.17) is 0 Å². The Morgan fingerprint density at radius 1 is 1.14 bits per heavy atom. The SMILES string of the molecule is Cc1c(C(=O)Nc2cccc(C#Cc3ccccn3)c2)[nH]c2c1C(=O)CCC2. The van der Waals surface area contributed by atoms with E-state index in [1.54, 1.807) is 6.20 Å². The van der Waals surface area contributed by atoms with Gasteiger partial charge < -0.3 is 10.3 Å². The Hall–Kier alpha value is -3.65. The zero-order chi connectivity index (χ0) is 19.5. The summed E-state index contributed by atoms with van der Waals surface area (Å²) in [7, 11) is 0. The Bertz CT molecular complexity index is 1120. The van der Waals surface area contributed by atoms with E-state index in [0.717, 1.165) is 29.7 Å². The van der Waals surface area contributed by atoms with Crippen LogP contribution in [0, 0.1) is 18.8 Å². The van der Waals surface area contributed by atoms with Crippen LogP contribution in [-0.2, 0) is 6.42 Å². The summed E-state index contributed by atoms with van der Waals surface area (Å²) in [5.41, 5.74) is 4.85. The highest BCUT2D eigenvalue weighted by Gasteiger charge is 2.26. The van der Waals surface area contributed by atoms with Crippen molar-refractivity contribution in [3.8, 4) is 11.8 Å². The molecule has 28 heavy (non-hydrogen) atoms. The lowest BCUT2D eigenvalue weighted by molar-refractivity contribution is 0.0971. The lowest BCUT2D eigenvalue weighted by atomic mass is 9.94. The summed E-state index contributed by atoms with van der Waals surface area (Å²) in [6.45, 7) is 1.82. The molecule has 2 aromatic heterocycles. The number of fused-ring (bicyclic) bond motifs is 1. The first-order chi connectivity index (χ1) is 13.6. The van der Waals surface area contributed by atoms with Gasteiger partial charge in [-0.25, -0.2) is 4.98 Å². The van der Waals surface area contributed by atoms with E-state index in [9.17, 15) is 9.59 Å². The van der Waals surface area contributed by atoms with Gasteiger partial charge in [-0.3, -0.25) is 9.59 Å². The number of anilines is 1. The molecule has 1 aromatic carbocycles. The van der Waals surface area contributed by atoms with E-state index in [2.05, 4.69) is 27.1 Å². The Labute approximate surface area is 163 Å². The van der Waals surface area contributed by atoms with Gasteiger partial charge in [0.2, 0.25) is 0 Å². The number of amides is 1. The third kappa shape index (κ3) is 3.58. The number of aromatic nitrogens is 2. The summed E-state index contributed by atoms with van der Waals surface area (Å²) >= 11 is 0. The number of nitrogens with one attached hydrogen (secondary N) is 2. The predicted molar refractivity (Wildman–Crippen MR) is 107 cm³/mol. The smallest absolute Gasteiger partial charge is 0.272 e. The minimum absolute atomic E-state index is 0.112. The van der Waals surface area contributed by atoms with Crippen molar-refractivity contribution >= 4 is 17.4 Å². The molecule has 3 aromatic rings. The highest BCUT2D eigenvalue weighted by molar-refractivity contribution is 6.08. The number of pyridine rings is 1. The highest BCUT2D eigenvalue weighted by Crippen LogP contribution is 2.27. The molecule has 1 aliphatic rings. The van der Waals surface area contributed by atoms with Gasteiger partial charge in [0, 0.05) is 35.1 Å². The molecule has 0 spiro atoms. The maximum absolute atomic E-state index is 12.8. The maximum atomic E-state index is 12.8. The molecule has 5 nitrogen and oxygen atoms in total. The lowest BCUT2D eigenvalue weighted by Crippen LogP contribution is -2.14. The number of carbonyl (C=O) groups excluding carboxylic acids is 2. The van der Waals surface area contributed by atoms with Crippen LogP contribution in [-0.4, -0.2) is 21.7 Å². The number of ketones is 1. The van der Waals surface area contributed by atoms with Gasteiger partial charge in [0.05, 0.1) is 0 Å². The molecule has 138 valence electrons. The molecule has 4 rings (SSSR count). The first kappa shape index (κ1) is 17.7. The molecule has 2 N–H and O–H groups in total. The summed E-state index contributed by atoms with van der Waals surface area (Å²) in [5, 5.41) is 2.90. The largest absolute Gasteiger partial charge is 0.354 e. The molecular formula is C23H19N3O2. The van der Waals surface area contributed by atoms with Gasteiger partial charge in [-0.1, -0.05) is 18.1 Å². The minimum atomic E-state index is -0.255. The summed E-state index contributed by atoms with van der Waals surface area (Å²) in [6.07, 6.45) is 3.87. The third-order valence-electron chi connectivity index (χ3n) is 4.78. The van der Waals surface area contributed by atoms with Crippen molar-refractivity contribution in [2.75, 3.05) is 5.32 Å². The van der Waals surface area contributed by atoms with Gasteiger partial charge in [-0.15, -0.1) is 0 Å². The quantitative estimate of drug-likeness (QED) is 0.673. The molecule has 0 bridgehead atoms. The second-order valence-electron chi connectivity index (χ2n) is 6.76. The van der Waals surface area contributed by atoms with Crippen molar-refractivity contribution in [2.45, 2.75) is 26.2 Å². The van der Waals surface area contributed by atoms with Crippen molar-refractivity contribution in [3.05, 3.63) is 82.4 Å². The molecule has 0 saturated heterocycles. The monoisotopic (exact) mass is 369 g/mol. The van der Waals surface area contributed by atoms with Crippen LogP contribution in [0.2, 0.25) is 0 Å². The molecule has 0 fully saturated rings. The number of aromatic amines is 1. The van der Waals surface area contributed by atoms with Gasteiger partial charge in [0.15, 0.2) is 5.78 Å². The average Bonchev–Trinajstić information content (AvgIpc) is 3.05.